The topological polar surface area (TPSA) is 51.8 Å². The lowest BCUT2D eigenvalue weighted by Gasteiger charge is -2.08. The van der Waals surface area contributed by atoms with Crippen LogP contribution in [0.2, 0.25) is 0 Å². The number of hydrogen-bond donors (Lipinski definition) is 1. The Balaban J connectivity index is 2.53. The molecule has 0 spiro atoms. The highest BCUT2D eigenvalue weighted by Gasteiger charge is 2.04. The molecule has 0 saturated carbocycles. The predicted molar refractivity (Wildman–Crippen MR) is 53.4 cm³/mol. The summed E-state index contributed by atoms with van der Waals surface area (Å²) >= 11 is 0. The summed E-state index contributed by atoms with van der Waals surface area (Å²) in [5.74, 6) is 0.862. The number of hydrogen-bond acceptors (Lipinski definition) is 3. The maximum atomic E-state index is 5.89. The first-order valence-corrected chi connectivity index (χ1v) is 4.76. The van der Waals surface area contributed by atoms with Crippen molar-refractivity contribution in [3.05, 3.63) is 23.8 Å². The summed E-state index contributed by atoms with van der Waals surface area (Å²) in [6.07, 6.45) is 4.73. The summed E-state index contributed by atoms with van der Waals surface area (Å²) in [4.78, 5) is 8.47. The molecule has 2 N–H and O–H groups in total. The van der Waals surface area contributed by atoms with E-state index in [2.05, 4.69) is 16.9 Å². The van der Waals surface area contributed by atoms with Gasteiger partial charge in [-0.3, -0.25) is 0 Å². The molecule has 0 aliphatic rings. The number of nitrogens with two attached hydrogens (primary N) is 1. The fraction of sp³-hybridized carbons (Fsp3) is 0.600. The van der Waals surface area contributed by atoms with Crippen LogP contribution in [0.4, 0.5) is 0 Å². The number of nitrogens with zero attached hydrogens (tertiary/aromatic N) is 2. The van der Waals surface area contributed by atoms with E-state index in [0.717, 1.165) is 30.8 Å². The SMILES string of the molecule is CCCC(N)Cc1nccc(C)n1. The standard InChI is InChI=1S/C10H17N3/c1-3-4-9(11)7-10-12-6-5-8(2)13-10/h5-6,9H,3-4,7,11H2,1-2H3. The van der Waals surface area contributed by atoms with Gasteiger partial charge >= 0.3 is 0 Å². The van der Waals surface area contributed by atoms with Gasteiger partial charge in [-0.15, -0.1) is 0 Å². The lowest BCUT2D eigenvalue weighted by atomic mass is 10.1. The minimum Gasteiger partial charge on any atom is -0.327 e. The smallest absolute Gasteiger partial charge is 0.130 e. The van der Waals surface area contributed by atoms with Gasteiger partial charge in [0.1, 0.15) is 5.82 Å². The van der Waals surface area contributed by atoms with Crippen LogP contribution < -0.4 is 5.73 Å². The van der Waals surface area contributed by atoms with Crippen LogP contribution in [0.3, 0.4) is 0 Å². The second-order valence-electron chi connectivity index (χ2n) is 3.37. The molecule has 3 nitrogen and oxygen atoms in total. The van der Waals surface area contributed by atoms with Crippen LogP contribution in [-0.4, -0.2) is 16.0 Å². The zero-order valence-electron chi connectivity index (χ0n) is 8.33. The first-order valence-electron chi connectivity index (χ1n) is 4.76. The van der Waals surface area contributed by atoms with Crippen LogP contribution in [0.1, 0.15) is 31.3 Å². The maximum Gasteiger partial charge on any atom is 0.130 e. The van der Waals surface area contributed by atoms with Crippen molar-refractivity contribution in [1.82, 2.24) is 9.97 Å². The third-order valence-corrected chi connectivity index (χ3v) is 1.95. The first kappa shape index (κ1) is 10.1. The van der Waals surface area contributed by atoms with E-state index in [1.807, 2.05) is 13.0 Å². The van der Waals surface area contributed by atoms with Gasteiger partial charge in [0.25, 0.3) is 0 Å². The van der Waals surface area contributed by atoms with Gasteiger partial charge in [-0.2, -0.15) is 0 Å². The van der Waals surface area contributed by atoms with E-state index in [1.165, 1.54) is 0 Å². The largest absolute Gasteiger partial charge is 0.327 e. The summed E-state index contributed by atoms with van der Waals surface area (Å²) in [5, 5.41) is 0. The highest BCUT2D eigenvalue weighted by atomic mass is 14.9. The molecule has 1 aromatic heterocycles. The highest BCUT2D eigenvalue weighted by molar-refractivity contribution is 5.00. The van der Waals surface area contributed by atoms with Crippen molar-refractivity contribution in [1.29, 1.82) is 0 Å². The molecule has 1 atom stereocenters. The van der Waals surface area contributed by atoms with Crippen LogP contribution in [0.5, 0.6) is 0 Å². The van der Waals surface area contributed by atoms with Crippen molar-refractivity contribution < 1.29 is 0 Å². The fourth-order valence-corrected chi connectivity index (χ4v) is 1.31. The van der Waals surface area contributed by atoms with Gasteiger partial charge < -0.3 is 5.73 Å². The third-order valence-electron chi connectivity index (χ3n) is 1.95. The molecule has 3 heteroatoms. The quantitative estimate of drug-likeness (QED) is 0.761. The molecule has 0 aliphatic heterocycles. The second-order valence-corrected chi connectivity index (χ2v) is 3.37. The average Bonchev–Trinajstić information content (AvgIpc) is 2.04. The molecule has 1 aromatic rings. The molecule has 1 rings (SSSR count). The van der Waals surface area contributed by atoms with E-state index >= 15 is 0 Å². The van der Waals surface area contributed by atoms with Crippen LogP contribution in [0, 0.1) is 6.92 Å². The Morgan fingerprint density at radius 3 is 2.92 bits per heavy atom. The Labute approximate surface area is 79.4 Å². The molecule has 72 valence electrons. The highest BCUT2D eigenvalue weighted by Crippen LogP contribution is 2.01. The molecule has 1 unspecified atom stereocenters. The van der Waals surface area contributed by atoms with Crippen LogP contribution in [-0.2, 0) is 6.42 Å². The van der Waals surface area contributed by atoms with Gasteiger partial charge in [0, 0.05) is 24.4 Å². The zero-order chi connectivity index (χ0) is 9.68. The fourth-order valence-electron chi connectivity index (χ4n) is 1.31. The summed E-state index contributed by atoms with van der Waals surface area (Å²) in [6, 6.07) is 2.10. The molecule has 1 heterocycles. The molecule has 0 fully saturated rings. The van der Waals surface area contributed by atoms with Crippen LogP contribution in [0.15, 0.2) is 12.3 Å². The monoisotopic (exact) mass is 179 g/mol. The van der Waals surface area contributed by atoms with Crippen molar-refractivity contribution in [2.24, 2.45) is 5.73 Å². The lowest BCUT2D eigenvalue weighted by molar-refractivity contribution is 0.583. The molecule has 0 bridgehead atoms. The molecular formula is C10H17N3. The molecular weight excluding hydrogens is 162 g/mol. The Kier molecular flexibility index (Phi) is 3.83. The first-order chi connectivity index (χ1) is 6.22. The average molecular weight is 179 g/mol. The Bertz CT molecular complexity index is 260. The van der Waals surface area contributed by atoms with Crippen LogP contribution >= 0.6 is 0 Å². The van der Waals surface area contributed by atoms with Gasteiger partial charge in [-0.1, -0.05) is 13.3 Å². The summed E-state index contributed by atoms with van der Waals surface area (Å²) in [7, 11) is 0. The van der Waals surface area contributed by atoms with Crippen molar-refractivity contribution in [2.75, 3.05) is 0 Å². The Hall–Kier alpha value is -0.960. The van der Waals surface area contributed by atoms with Crippen molar-refractivity contribution in [3.8, 4) is 0 Å². The second kappa shape index (κ2) is 4.92. The van der Waals surface area contributed by atoms with Crippen molar-refractivity contribution in [3.63, 3.8) is 0 Å². The Morgan fingerprint density at radius 2 is 2.31 bits per heavy atom. The maximum absolute atomic E-state index is 5.89. The Morgan fingerprint density at radius 1 is 1.54 bits per heavy atom. The van der Waals surface area contributed by atoms with Crippen molar-refractivity contribution in [2.45, 2.75) is 39.2 Å². The zero-order valence-corrected chi connectivity index (χ0v) is 8.33. The van der Waals surface area contributed by atoms with Crippen LogP contribution in [0.25, 0.3) is 0 Å². The number of aromatic nitrogens is 2. The lowest BCUT2D eigenvalue weighted by Crippen LogP contribution is -2.23. The van der Waals surface area contributed by atoms with Crippen molar-refractivity contribution >= 4 is 0 Å². The van der Waals surface area contributed by atoms with Gasteiger partial charge in [0.15, 0.2) is 0 Å². The van der Waals surface area contributed by atoms with E-state index < -0.39 is 0 Å². The number of aryl methyl sites for hydroxylation is 1. The molecule has 0 radical (unpaired) electrons. The van der Waals surface area contributed by atoms with E-state index in [-0.39, 0.29) is 6.04 Å². The van der Waals surface area contributed by atoms with E-state index in [1.54, 1.807) is 6.20 Å². The third kappa shape index (κ3) is 3.51. The predicted octanol–water partition coefficient (Wildman–Crippen LogP) is 1.45. The van der Waals surface area contributed by atoms with Gasteiger partial charge in [-0.25, -0.2) is 9.97 Å². The minimum atomic E-state index is 0.201. The summed E-state index contributed by atoms with van der Waals surface area (Å²) < 4.78 is 0. The number of rotatable bonds is 4. The van der Waals surface area contributed by atoms with Gasteiger partial charge in [-0.05, 0) is 19.4 Å². The molecule has 0 aliphatic carbocycles. The minimum absolute atomic E-state index is 0.201. The normalized spacial score (nSPS) is 12.8. The molecule has 0 aromatic carbocycles. The summed E-state index contributed by atoms with van der Waals surface area (Å²) in [6.45, 7) is 4.10. The summed E-state index contributed by atoms with van der Waals surface area (Å²) in [5.41, 5.74) is 6.89. The van der Waals surface area contributed by atoms with E-state index in [4.69, 9.17) is 5.73 Å². The molecule has 0 amide bonds. The molecule has 13 heavy (non-hydrogen) atoms. The molecule has 0 saturated heterocycles. The van der Waals surface area contributed by atoms with Gasteiger partial charge in [0.05, 0.1) is 0 Å². The van der Waals surface area contributed by atoms with E-state index in [9.17, 15) is 0 Å². The van der Waals surface area contributed by atoms with Gasteiger partial charge in [0.2, 0.25) is 0 Å². The van der Waals surface area contributed by atoms with E-state index in [0.29, 0.717) is 0 Å².